The number of likely N-dealkylation sites (tertiary alicyclic amines) is 2. The normalized spacial score (nSPS) is 27.7. The molecule has 0 aromatic carbocycles. The van der Waals surface area contributed by atoms with Crippen LogP contribution in [0.25, 0.3) is 0 Å². The molecule has 5 nitrogen and oxygen atoms in total. The van der Waals surface area contributed by atoms with E-state index in [1.807, 2.05) is 16.5 Å². The predicted molar refractivity (Wildman–Crippen MR) is 84.6 cm³/mol. The zero-order valence-corrected chi connectivity index (χ0v) is 13.7. The number of nitrogens with zero attached hydrogens (tertiary/aromatic N) is 3. The van der Waals surface area contributed by atoms with E-state index >= 15 is 0 Å². The molecule has 4 heterocycles. The Morgan fingerprint density at radius 2 is 2.36 bits per heavy atom. The summed E-state index contributed by atoms with van der Waals surface area (Å²) in [4.78, 5) is 20.6. The van der Waals surface area contributed by atoms with Gasteiger partial charge in [-0.3, -0.25) is 9.69 Å². The van der Waals surface area contributed by atoms with Gasteiger partial charge in [0, 0.05) is 50.8 Å². The first kappa shape index (κ1) is 14.6. The predicted octanol–water partition coefficient (Wildman–Crippen LogP) is 1.75. The van der Waals surface area contributed by atoms with Crippen molar-refractivity contribution >= 4 is 17.2 Å². The van der Waals surface area contributed by atoms with Gasteiger partial charge in [-0.05, 0) is 25.2 Å². The molecular formula is C16H23N3O2S. The minimum Gasteiger partial charge on any atom is -0.372 e. The first-order valence-electron chi connectivity index (χ1n) is 8.28. The first-order valence-corrected chi connectivity index (χ1v) is 9.16. The summed E-state index contributed by atoms with van der Waals surface area (Å²) < 4.78 is 6.12. The van der Waals surface area contributed by atoms with Gasteiger partial charge in [0.1, 0.15) is 5.01 Å². The van der Waals surface area contributed by atoms with Crippen LogP contribution >= 0.6 is 11.3 Å². The van der Waals surface area contributed by atoms with Crippen molar-refractivity contribution in [3.8, 4) is 0 Å². The number of hydrogen-bond acceptors (Lipinski definition) is 5. The SMILES string of the molecule is O=C1CCCN1CCC1CCOC12CN(Cc1nccs1)C2. The maximum absolute atomic E-state index is 11.7. The lowest BCUT2D eigenvalue weighted by atomic mass is 9.79. The van der Waals surface area contributed by atoms with Crippen molar-refractivity contribution in [2.24, 2.45) is 5.92 Å². The van der Waals surface area contributed by atoms with Gasteiger partial charge in [-0.2, -0.15) is 0 Å². The van der Waals surface area contributed by atoms with E-state index in [-0.39, 0.29) is 5.60 Å². The third-order valence-electron chi connectivity index (χ3n) is 5.34. The zero-order chi connectivity index (χ0) is 15.0. The van der Waals surface area contributed by atoms with Crippen molar-refractivity contribution in [1.82, 2.24) is 14.8 Å². The number of carbonyl (C=O) groups excluding carboxylic acids is 1. The van der Waals surface area contributed by atoms with Crippen molar-refractivity contribution < 1.29 is 9.53 Å². The molecule has 1 aromatic rings. The van der Waals surface area contributed by atoms with Gasteiger partial charge in [0.2, 0.25) is 5.91 Å². The summed E-state index contributed by atoms with van der Waals surface area (Å²) in [6.07, 6.45) is 5.89. The molecule has 1 aromatic heterocycles. The highest BCUT2D eigenvalue weighted by Gasteiger charge is 2.52. The van der Waals surface area contributed by atoms with Crippen molar-refractivity contribution in [1.29, 1.82) is 0 Å². The summed E-state index contributed by atoms with van der Waals surface area (Å²) >= 11 is 1.72. The van der Waals surface area contributed by atoms with Crippen LogP contribution in [0, 0.1) is 5.92 Å². The van der Waals surface area contributed by atoms with E-state index in [1.54, 1.807) is 11.3 Å². The van der Waals surface area contributed by atoms with E-state index in [0.29, 0.717) is 11.8 Å². The van der Waals surface area contributed by atoms with Gasteiger partial charge >= 0.3 is 0 Å². The summed E-state index contributed by atoms with van der Waals surface area (Å²) in [6.45, 7) is 5.73. The maximum Gasteiger partial charge on any atom is 0.222 e. The molecular weight excluding hydrogens is 298 g/mol. The van der Waals surface area contributed by atoms with E-state index in [4.69, 9.17) is 4.74 Å². The number of carbonyl (C=O) groups is 1. The Bertz CT molecular complexity index is 528. The van der Waals surface area contributed by atoms with Crippen LogP contribution in [-0.4, -0.2) is 59.1 Å². The fourth-order valence-corrected chi connectivity index (χ4v) is 4.80. The number of amides is 1. The summed E-state index contributed by atoms with van der Waals surface area (Å²) in [7, 11) is 0. The molecule has 0 radical (unpaired) electrons. The Labute approximate surface area is 135 Å². The van der Waals surface area contributed by atoms with Gasteiger partial charge in [-0.1, -0.05) is 0 Å². The molecule has 3 aliphatic rings. The van der Waals surface area contributed by atoms with Gasteiger partial charge in [0.25, 0.3) is 0 Å². The highest BCUT2D eigenvalue weighted by Crippen LogP contribution is 2.42. The van der Waals surface area contributed by atoms with Crippen LogP contribution < -0.4 is 0 Å². The lowest BCUT2D eigenvalue weighted by Crippen LogP contribution is -2.64. The van der Waals surface area contributed by atoms with Crippen LogP contribution in [0.4, 0.5) is 0 Å². The summed E-state index contributed by atoms with van der Waals surface area (Å²) in [5.41, 5.74) is 0.0556. The molecule has 0 N–H and O–H groups in total. The third-order valence-corrected chi connectivity index (χ3v) is 6.11. The Morgan fingerprint density at radius 3 is 3.09 bits per heavy atom. The average molecular weight is 321 g/mol. The monoisotopic (exact) mass is 321 g/mol. The van der Waals surface area contributed by atoms with Crippen LogP contribution in [-0.2, 0) is 16.1 Å². The van der Waals surface area contributed by atoms with Gasteiger partial charge in [-0.25, -0.2) is 4.98 Å². The van der Waals surface area contributed by atoms with Crippen LogP contribution in [0.15, 0.2) is 11.6 Å². The van der Waals surface area contributed by atoms with E-state index in [9.17, 15) is 4.79 Å². The number of hydrogen-bond donors (Lipinski definition) is 0. The highest BCUT2D eigenvalue weighted by molar-refractivity contribution is 7.09. The highest BCUT2D eigenvalue weighted by atomic mass is 32.1. The van der Waals surface area contributed by atoms with Gasteiger partial charge in [-0.15, -0.1) is 11.3 Å². The smallest absolute Gasteiger partial charge is 0.222 e. The first-order chi connectivity index (χ1) is 10.8. The van der Waals surface area contributed by atoms with Crippen LogP contribution in [0.2, 0.25) is 0 Å². The Hall–Kier alpha value is -0.980. The van der Waals surface area contributed by atoms with Gasteiger partial charge in [0.15, 0.2) is 0 Å². The van der Waals surface area contributed by atoms with Crippen LogP contribution in [0.1, 0.15) is 30.7 Å². The molecule has 1 spiro atoms. The van der Waals surface area contributed by atoms with Gasteiger partial charge < -0.3 is 9.64 Å². The third kappa shape index (κ3) is 2.68. The second-order valence-electron chi connectivity index (χ2n) is 6.74. The molecule has 1 unspecified atom stereocenters. The summed E-state index contributed by atoms with van der Waals surface area (Å²) in [6, 6.07) is 0. The molecule has 3 aliphatic heterocycles. The Morgan fingerprint density at radius 1 is 1.45 bits per heavy atom. The zero-order valence-electron chi connectivity index (χ0n) is 12.9. The second-order valence-corrected chi connectivity index (χ2v) is 7.72. The lowest BCUT2D eigenvalue weighted by molar-refractivity contribution is -0.139. The summed E-state index contributed by atoms with van der Waals surface area (Å²) in [5.74, 6) is 0.945. The molecule has 22 heavy (non-hydrogen) atoms. The fraction of sp³-hybridized carbons (Fsp3) is 0.750. The maximum atomic E-state index is 11.7. The van der Waals surface area contributed by atoms with E-state index in [2.05, 4.69) is 9.88 Å². The minimum atomic E-state index is 0.0556. The molecule has 0 saturated carbocycles. The molecule has 0 aliphatic carbocycles. The fourth-order valence-electron chi connectivity index (χ4n) is 4.14. The number of aromatic nitrogens is 1. The number of thiazole rings is 1. The van der Waals surface area contributed by atoms with Crippen molar-refractivity contribution in [2.45, 2.75) is 37.8 Å². The lowest BCUT2D eigenvalue weighted by Gasteiger charge is -2.50. The van der Waals surface area contributed by atoms with E-state index < -0.39 is 0 Å². The molecule has 3 fully saturated rings. The molecule has 1 atom stereocenters. The molecule has 6 heteroatoms. The number of rotatable bonds is 5. The quantitative estimate of drug-likeness (QED) is 0.829. The summed E-state index contributed by atoms with van der Waals surface area (Å²) in [5, 5.41) is 3.22. The second kappa shape index (κ2) is 5.91. The van der Waals surface area contributed by atoms with Crippen molar-refractivity contribution in [3.05, 3.63) is 16.6 Å². The minimum absolute atomic E-state index is 0.0556. The van der Waals surface area contributed by atoms with E-state index in [0.717, 1.165) is 65.0 Å². The van der Waals surface area contributed by atoms with Crippen molar-refractivity contribution in [3.63, 3.8) is 0 Å². The largest absolute Gasteiger partial charge is 0.372 e. The van der Waals surface area contributed by atoms with Crippen molar-refractivity contribution in [2.75, 3.05) is 32.8 Å². The number of ether oxygens (including phenoxy) is 1. The molecule has 1 amide bonds. The van der Waals surface area contributed by atoms with E-state index in [1.165, 1.54) is 5.01 Å². The molecule has 3 saturated heterocycles. The molecule has 4 rings (SSSR count). The molecule has 0 bridgehead atoms. The Balaban J connectivity index is 1.29. The van der Waals surface area contributed by atoms with Crippen LogP contribution in [0.5, 0.6) is 0 Å². The average Bonchev–Trinajstić information content (AvgIpc) is 3.17. The standard InChI is InChI=1S/C16H23N3O2S/c20-15-2-1-6-19(15)7-3-13-4-8-21-16(13)11-18(12-16)10-14-17-5-9-22-14/h5,9,13H,1-4,6-8,10-12H2. The topological polar surface area (TPSA) is 45.7 Å². The molecule has 120 valence electrons. The van der Waals surface area contributed by atoms with Gasteiger partial charge in [0.05, 0.1) is 12.1 Å². The van der Waals surface area contributed by atoms with Crippen LogP contribution in [0.3, 0.4) is 0 Å². The Kier molecular flexibility index (Phi) is 3.92.